The van der Waals surface area contributed by atoms with Gasteiger partial charge in [0, 0.05) is 13.2 Å². The second-order valence-corrected chi connectivity index (χ2v) is 5.05. The Labute approximate surface area is 120 Å². The Morgan fingerprint density at radius 1 is 1.53 bits per heavy atom. The van der Waals surface area contributed by atoms with Crippen LogP contribution in [-0.2, 0) is 9.53 Å². The number of methoxy groups -OCH3 is 1. The maximum atomic E-state index is 12.0. The van der Waals surface area contributed by atoms with Crippen LogP contribution >= 0.6 is 23.4 Å². The molecule has 0 spiro atoms. The van der Waals surface area contributed by atoms with Crippen molar-refractivity contribution >= 4 is 40.8 Å². The Morgan fingerprint density at radius 2 is 2.26 bits per heavy atom. The molecule has 2 rings (SSSR count). The van der Waals surface area contributed by atoms with Gasteiger partial charge in [0.15, 0.2) is 11.0 Å². The number of amides is 1. The van der Waals surface area contributed by atoms with Gasteiger partial charge in [0.1, 0.15) is 5.15 Å². The van der Waals surface area contributed by atoms with Gasteiger partial charge in [-0.15, -0.1) is 0 Å². The Hall–Kier alpha value is -1.18. The number of thioether (sulfide) groups is 1. The molecule has 1 aromatic rings. The van der Waals surface area contributed by atoms with Crippen LogP contribution in [0.5, 0.6) is 0 Å². The largest absolute Gasteiger partial charge is 0.376 e. The average molecular weight is 301 g/mol. The third-order valence-electron chi connectivity index (χ3n) is 2.68. The molecule has 6 nitrogen and oxygen atoms in total. The van der Waals surface area contributed by atoms with E-state index < -0.39 is 0 Å². The standard InChI is InChI=1S/C11H13ClN4O2S/c1-6(18-2)7-4-10(17)16(15-7)9-5-8(12)13-11(14-9)19-3/h5-6H,4H2,1-3H3. The fourth-order valence-corrected chi connectivity index (χ4v) is 2.18. The highest BCUT2D eigenvalue weighted by Gasteiger charge is 2.29. The van der Waals surface area contributed by atoms with Crippen LogP contribution in [0, 0.1) is 0 Å². The molecule has 1 aliphatic heterocycles. The van der Waals surface area contributed by atoms with Crippen molar-refractivity contribution in [3.8, 4) is 0 Å². The molecule has 102 valence electrons. The zero-order valence-corrected chi connectivity index (χ0v) is 12.3. The van der Waals surface area contributed by atoms with Gasteiger partial charge in [0.05, 0.1) is 18.2 Å². The van der Waals surface area contributed by atoms with Gasteiger partial charge in [-0.1, -0.05) is 23.4 Å². The molecule has 1 aliphatic rings. The Bertz CT molecular complexity index is 537. The molecule has 1 atom stereocenters. The number of nitrogens with zero attached hydrogens (tertiary/aromatic N) is 4. The van der Waals surface area contributed by atoms with Crippen LogP contribution in [0.3, 0.4) is 0 Å². The summed E-state index contributed by atoms with van der Waals surface area (Å²) in [5.41, 5.74) is 0.674. The molecule has 0 N–H and O–H groups in total. The molecular formula is C11H13ClN4O2S. The van der Waals surface area contributed by atoms with Gasteiger partial charge in [0.25, 0.3) is 5.91 Å². The van der Waals surface area contributed by atoms with Gasteiger partial charge in [0.2, 0.25) is 0 Å². The van der Waals surface area contributed by atoms with Gasteiger partial charge in [-0.25, -0.2) is 9.97 Å². The topological polar surface area (TPSA) is 67.7 Å². The van der Waals surface area contributed by atoms with Crippen molar-refractivity contribution in [2.24, 2.45) is 5.10 Å². The monoisotopic (exact) mass is 300 g/mol. The lowest BCUT2D eigenvalue weighted by atomic mass is 10.2. The van der Waals surface area contributed by atoms with E-state index in [1.54, 1.807) is 7.11 Å². The van der Waals surface area contributed by atoms with Crippen molar-refractivity contribution in [3.63, 3.8) is 0 Å². The molecule has 2 heterocycles. The van der Waals surface area contributed by atoms with E-state index in [2.05, 4.69) is 15.1 Å². The van der Waals surface area contributed by atoms with Crippen LogP contribution in [0.2, 0.25) is 5.15 Å². The molecule has 8 heteroatoms. The van der Waals surface area contributed by atoms with E-state index in [9.17, 15) is 4.79 Å². The number of hydrogen-bond donors (Lipinski definition) is 0. The van der Waals surface area contributed by atoms with Gasteiger partial charge < -0.3 is 4.74 Å². The minimum atomic E-state index is -0.203. The van der Waals surface area contributed by atoms with Crippen LogP contribution in [0.1, 0.15) is 13.3 Å². The van der Waals surface area contributed by atoms with Crippen LogP contribution < -0.4 is 5.01 Å². The van der Waals surface area contributed by atoms with Crippen molar-refractivity contribution in [1.29, 1.82) is 0 Å². The third-order valence-corrected chi connectivity index (χ3v) is 3.42. The van der Waals surface area contributed by atoms with E-state index in [0.717, 1.165) is 0 Å². The van der Waals surface area contributed by atoms with Crippen molar-refractivity contribution < 1.29 is 9.53 Å². The Kier molecular flexibility index (Phi) is 4.38. The molecule has 0 aromatic carbocycles. The van der Waals surface area contributed by atoms with Crippen LogP contribution in [0.25, 0.3) is 0 Å². The summed E-state index contributed by atoms with van der Waals surface area (Å²) in [6.45, 7) is 1.84. The van der Waals surface area contributed by atoms with E-state index >= 15 is 0 Å². The lowest BCUT2D eigenvalue weighted by molar-refractivity contribution is -0.117. The summed E-state index contributed by atoms with van der Waals surface area (Å²) < 4.78 is 5.16. The first kappa shape index (κ1) is 14.2. The molecule has 0 fully saturated rings. The number of rotatable bonds is 4. The maximum absolute atomic E-state index is 12.0. The maximum Gasteiger partial charge on any atom is 0.254 e. The highest BCUT2D eigenvalue weighted by atomic mass is 35.5. The van der Waals surface area contributed by atoms with Crippen molar-refractivity contribution in [1.82, 2.24) is 9.97 Å². The Morgan fingerprint density at radius 3 is 2.89 bits per heavy atom. The quantitative estimate of drug-likeness (QED) is 0.483. The highest BCUT2D eigenvalue weighted by molar-refractivity contribution is 7.98. The lowest BCUT2D eigenvalue weighted by Gasteiger charge is -2.11. The zero-order valence-electron chi connectivity index (χ0n) is 10.8. The number of carbonyl (C=O) groups is 1. The second-order valence-electron chi connectivity index (χ2n) is 3.89. The van der Waals surface area contributed by atoms with Gasteiger partial charge >= 0.3 is 0 Å². The lowest BCUT2D eigenvalue weighted by Crippen LogP contribution is -2.21. The van der Waals surface area contributed by atoms with Crippen molar-refractivity contribution in [2.75, 3.05) is 18.4 Å². The number of hydrogen-bond acceptors (Lipinski definition) is 6. The highest BCUT2D eigenvalue weighted by Crippen LogP contribution is 2.24. The molecule has 0 saturated heterocycles. The molecule has 0 bridgehead atoms. The van der Waals surface area contributed by atoms with E-state index in [4.69, 9.17) is 16.3 Å². The van der Waals surface area contributed by atoms with E-state index in [0.29, 0.717) is 16.7 Å². The smallest absolute Gasteiger partial charge is 0.254 e. The van der Waals surface area contributed by atoms with E-state index in [-0.39, 0.29) is 23.6 Å². The fraction of sp³-hybridized carbons (Fsp3) is 0.455. The summed E-state index contributed by atoms with van der Waals surface area (Å²) in [6.07, 6.45) is 1.86. The van der Waals surface area contributed by atoms with E-state index in [1.165, 1.54) is 22.8 Å². The SMILES string of the molecule is COC(C)C1=NN(c2cc(Cl)nc(SC)n2)C(=O)C1. The van der Waals surface area contributed by atoms with Gasteiger partial charge in [-0.2, -0.15) is 10.1 Å². The van der Waals surface area contributed by atoms with Gasteiger partial charge in [-0.05, 0) is 13.2 Å². The number of aromatic nitrogens is 2. The molecule has 1 amide bonds. The number of halogens is 1. The normalized spacial score (nSPS) is 16.7. The number of ether oxygens (including phenoxy) is 1. The van der Waals surface area contributed by atoms with E-state index in [1.807, 2.05) is 13.2 Å². The summed E-state index contributed by atoms with van der Waals surface area (Å²) in [4.78, 5) is 20.2. The first-order valence-electron chi connectivity index (χ1n) is 5.57. The summed E-state index contributed by atoms with van der Waals surface area (Å²) in [6, 6.07) is 1.52. The predicted octanol–water partition coefficient (Wildman–Crippen LogP) is 1.98. The second kappa shape index (κ2) is 5.85. The molecule has 0 aliphatic carbocycles. The molecule has 1 unspecified atom stereocenters. The zero-order chi connectivity index (χ0) is 14.0. The number of anilines is 1. The predicted molar refractivity (Wildman–Crippen MR) is 74.8 cm³/mol. The summed E-state index contributed by atoms with van der Waals surface area (Å²) in [5.74, 6) is 0.230. The van der Waals surface area contributed by atoms with Crippen LogP contribution in [0.15, 0.2) is 16.3 Å². The summed E-state index contributed by atoms with van der Waals surface area (Å²) in [7, 11) is 1.58. The van der Waals surface area contributed by atoms with Crippen LogP contribution in [0.4, 0.5) is 5.82 Å². The summed E-state index contributed by atoms with van der Waals surface area (Å²) >= 11 is 7.26. The summed E-state index contributed by atoms with van der Waals surface area (Å²) in [5, 5.41) is 6.27. The number of carbonyl (C=O) groups excluding carboxylic acids is 1. The van der Waals surface area contributed by atoms with Crippen molar-refractivity contribution in [2.45, 2.75) is 24.6 Å². The minimum absolute atomic E-state index is 0.152. The first-order valence-corrected chi connectivity index (χ1v) is 7.17. The van der Waals surface area contributed by atoms with Crippen molar-refractivity contribution in [3.05, 3.63) is 11.2 Å². The molecular weight excluding hydrogens is 288 g/mol. The fourth-order valence-electron chi connectivity index (χ4n) is 1.57. The van der Waals surface area contributed by atoms with Crippen LogP contribution in [-0.4, -0.2) is 41.1 Å². The molecule has 1 aromatic heterocycles. The van der Waals surface area contributed by atoms with Gasteiger partial charge in [-0.3, -0.25) is 4.79 Å². The first-order chi connectivity index (χ1) is 9.05. The molecule has 19 heavy (non-hydrogen) atoms. The number of hydrazone groups is 1. The molecule has 0 saturated carbocycles. The minimum Gasteiger partial charge on any atom is -0.376 e. The Balaban J connectivity index is 2.33. The average Bonchev–Trinajstić information content (AvgIpc) is 2.79. The molecule has 0 radical (unpaired) electrons. The third kappa shape index (κ3) is 3.05.